The molecule has 0 bridgehead atoms. The highest BCUT2D eigenvalue weighted by Gasteiger charge is 2.37. The molecule has 3 heterocycles. The van der Waals surface area contributed by atoms with Crippen molar-refractivity contribution in [2.75, 3.05) is 43.4 Å². The lowest BCUT2D eigenvalue weighted by atomic mass is 9.98. The third kappa shape index (κ3) is 5.40. The van der Waals surface area contributed by atoms with Gasteiger partial charge in [0.25, 0.3) is 5.91 Å². The highest BCUT2D eigenvalue weighted by molar-refractivity contribution is 6.07. The maximum atomic E-state index is 16.0. The fourth-order valence-electron chi connectivity index (χ4n) is 4.78. The number of pyridine rings is 1. The minimum absolute atomic E-state index is 0.000570. The minimum atomic E-state index is -5.00. The SMILES string of the molecule is CC1CN(c2cc(F)c(C3=CCCNC3)c(F)c2NC(=O)c2c[nH]c(=O)cc2C(F)(F)F)CC(C)N1C. The Morgan fingerprint density at radius 2 is 1.81 bits per heavy atom. The van der Waals surface area contributed by atoms with Crippen molar-refractivity contribution < 1.29 is 26.7 Å². The molecule has 7 nitrogen and oxygen atoms in total. The molecule has 2 aliphatic rings. The van der Waals surface area contributed by atoms with Gasteiger partial charge in [0.2, 0.25) is 5.56 Å². The standard InChI is InChI=1S/C25H28F5N5O2/c1-13-11-35(12-14(2)34(13)3)19-8-18(26)21(15-5-4-6-31-9-15)22(27)23(19)33-24(37)16-10-32-20(36)7-17(16)25(28,29)30/h5,7-8,10,13-14,31H,4,6,9,11-12H2,1-3H3,(H,32,36)(H,33,37). The smallest absolute Gasteiger partial charge is 0.367 e. The molecule has 3 N–H and O–H groups in total. The molecule has 4 rings (SSSR count). The van der Waals surface area contributed by atoms with Crippen molar-refractivity contribution >= 4 is 22.9 Å². The van der Waals surface area contributed by atoms with E-state index in [2.05, 4.69) is 20.5 Å². The number of likely N-dealkylation sites (N-methyl/N-ethyl adjacent to an activating group) is 1. The molecule has 12 heteroatoms. The van der Waals surface area contributed by atoms with Crippen molar-refractivity contribution in [1.29, 1.82) is 0 Å². The molecule has 1 aromatic carbocycles. The Bertz CT molecular complexity index is 1280. The quantitative estimate of drug-likeness (QED) is 0.529. The fraction of sp³-hybridized carbons (Fsp3) is 0.440. The molecule has 200 valence electrons. The van der Waals surface area contributed by atoms with Gasteiger partial charge in [-0.1, -0.05) is 6.08 Å². The first-order chi connectivity index (χ1) is 17.4. The average Bonchev–Trinajstić information content (AvgIpc) is 2.83. The van der Waals surface area contributed by atoms with E-state index >= 15 is 8.78 Å². The number of piperazine rings is 1. The predicted octanol–water partition coefficient (Wildman–Crippen LogP) is 3.83. The third-order valence-corrected chi connectivity index (χ3v) is 6.96. The van der Waals surface area contributed by atoms with Crippen LogP contribution in [0.25, 0.3) is 5.57 Å². The second-order valence-corrected chi connectivity index (χ2v) is 9.48. The molecule has 1 saturated heterocycles. The van der Waals surface area contributed by atoms with Gasteiger partial charge in [-0.05, 0) is 39.4 Å². The topological polar surface area (TPSA) is 80.5 Å². The predicted molar refractivity (Wildman–Crippen MR) is 131 cm³/mol. The number of rotatable bonds is 4. The Morgan fingerprint density at radius 1 is 1.14 bits per heavy atom. The Morgan fingerprint density at radius 3 is 2.41 bits per heavy atom. The maximum absolute atomic E-state index is 16.0. The van der Waals surface area contributed by atoms with Crippen LogP contribution in [0.1, 0.15) is 41.8 Å². The molecule has 2 aliphatic heterocycles. The van der Waals surface area contributed by atoms with Gasteiger partial charge in [-0.2, -0.15) is 13.2 Å². The second-order valence-electron chi connectivity index (χ2n) is 9.48. The van der Waals surface area contributed by atoms with Crippen molar-refractivity contribution in [3.8, 4) is 0 Å². The molecule has 37 heavy (non-hydrogen) atoms. The van der Waals surface area contributed by atoms with E-state index in [1.807, 2.05) is 20.9 Å². The number of carbonyl (C=O) groups is 1. The second kappa shape index (κ2) is 10.3. The Balaban J connectivity index is 1.84. The van der Waals surface area contributed by atoms with Gasteiger partial charge in [0.1, 0.15) is 11.5 Å². The van der Waals surface area contributed by atoms with Crippen molar-refractivity contribution in [1.82, 2.24) is 15.2 Å². The van der Waals surface area contributed by atoms with Gasteiger partial charge < -0.3 is 20.5 Å². The van der Waals surface area contributed by atoms with Gasteiger partial charge in [0.15, 0.2) is 5.82 Å². The Labute approximate surface area is 210 Å². The molecule has 2 aromatic rings. The fourth-order valence-corrected chi connectivity index (χ4v) is 4.78. The summed E-state index contributed by atoms with van der Waals surface area (Å²) in [6.45, 7) is 5.46. The summed E-state index contributed by atoms with van der Waals surface area (Å²) in [7, 11) is 1.93. The Hall–Kier alpha value is -3.25. The monoisotopic (exact) mass is 525 g/mol. The zero-order chi connectivity index (χ0) is 27.1. The van der Waals surface area contributed by atoms with E-state index in [0.29, 0.717) is 37.8 Å². The van der Waals surface area contributed by atoms with Crippen molar-refractivity contribution in [3.63, 3.8) is 0 Å². The number of halogens is 5. The first-order valence-electron chi connectivity index (χ1n) is 11.9. The first kappa shape index (κ1) is 26.8. The van der Waals surface area contributed by atoms with Crippen LogP contribution >= 0.6 is 0 Å². The van der Waals surface area contributed by atoms with E-state index < -0.39 is 46.1 Å². The minimum Gasteiger partial charge on any atom is -0.367 e. The van der Waals surface area contributed by atoms with Crippen molar-refractivity contribution in [2.24, 2.45) is 0 Å². The van der Waals surface area contributed by atoms with E-state index in [9.17, 15) is 22.8 Å². The molecular weight excluding hydrogens is 497 g/mol. The lowest BCUT2D eigenvalue weighted by Crippen LogP contribution is -2.55. The molecule has 0 aliphatic carbocycles. The van der Waals surface area contributed by atoms with Gasteiger partial charge in [0.05, 0.1) is 22.4 Å². The number of alkyl halides is 3. The van der Waals surface area contributed by atoms with Crippen LogP contribution in [-0.4, -0.2) is 61.1 Å². The number of benzene rings is 1. The summed E-state index contributed by atoms with van der Waals surface area (Å²) in [6.07, 6.45) is -2.14. The number of carbonyl (C=O) groups excluding carboxylic acids is 1. The highest BCUT2D eigenvalue weighted by Crippen LogP contribution is 2.39. The number of aromatic amines is 1. The normalized spacial score (nSPS) is 21.1. The summed E-state index contributed by atoms with van der Waals surface area (Å²) in [5, 5.41) is 5.30. The number of anilines is 2. The van der Waals surface area contributed by atoms with Crippen LogP contribution in [0.15, 0.2) is 29.2 Å². The van der Waals surface area contributed by atoms with Gasteiger partial charge in [-0.3, -0.25) is 14.5 Å². The third-order valence-electron chi connectivity index (χ3n) is 6.96. The maximum Gasteiger partial charge on any atom is 0.417 e. The number of hydrogen-bond donors (Lipinski definition) is 3. The zero-order valence-corrected chi connectivity index (χ0v) is 20.6. The molecule has 0 radical (unpaired) electrons. The first-order valence-corrected chi connectivity index (χ1v) is 11.9. The van der Waals surface area contributed by atoms with E-state index in [-0.39, 0.29) is 35.9 Å². The molecule has 1 fully saturated rings. The number of nitrogens with zero attached hydrogens (tertiary/aromatic N) is 2. The molecule has 2 unspecified atom stereocenters. The number of aromatic nitrogens is 1. The summed E-state index contributed by atoms with van der Waals surface area (Å²) in [4.78, 5) is 30.5. The largest absolute Gasteiger partial charge is 0.417 e. The molecule has 1 amide bonds. The molecule has 2 atom stereocenters. The van der Waals surface area contributed by atoms with Gasteiger partial charge in [-0.15, -0.1) is 0 Å². The van der Waals surface area contributed by atoms with Crippen molar-refractivity contribution in [3.05, 3.63) is 63.1 Å². The Kier molecular flexibility index (Phi) is 7.43. The van der Waals surface area contributed by atoms with E-state index in [1.54, 1.807) is 11.0 Å². The summed E-state index contributed by atoms with van der Waals surface area (Å²) in [5.74, 6) is -3.19. The van der Waals surface area contributed by atoms with Gasteiger partial charge in [0, 0.05) is 50.0 Å². The average molecular weight is 526 g/mol. The molecular formula is C25H28F5N5O2. The lowest BCUT2D eigenvalue weighted by Gasteiger charge is -2.44. The summed E-state index contributed by atoms with van der Waals surface area (Å²) in [6, 6.07) is 1.38. The zero-order valence-electron chi connectivity index (χ0n) is 20.6. The van der Waals surface area contributed by atoms with Gasteiger partial charge >= 0.3 is 6.18 Å². The van der Waals surface area contributed by atoms with Gasteiger partial charge in [-0.25, -0.2) is 8.78 Å². The van der Waals surface area contributed by atoms with Crippen molar-refractivity contribution in [2.45, 2.75) is 38.5 Å². The highest BCUT2D eigenvalue weighted by atomic mass is 19.4. The summed E-state index contributed by atoms with van der Waals surface area (Å²) in [5.41, 5.74) is -3.78. The summed E-state index contributed by atoms with van der Waals surface area (Å²) >= 11 is 0. The summed E-state index contributed by atoms with van der Waals surface area (Å²) < 4.78 is 72.1. The van der Waals surface area contributed by atoms with Crippen LogP contribution in [0.2, 0.25) is 0 Å². The van der Waals surface area contributed by atoms with Crippen LogP contribution in [0.4, 0.5) is 33.3 Å². The molecule has 1 aromatic heterocycles. The van der Waals surface area contributed by atoms with Crippen LogP contribution in [0, 0.1) is 11.6 Å². The number of nitrogens with one attached hydrogen (secondary N) is 3. The molecule has 0 saturated carbocycles. The lowest BCUT2D eigenvalue weighted by molar-refractivity contribution is -0.138. The number of hydrogen-bond acceptors (Lipinski definition) is 5. The number of H-pyrrole nitrogens is 1. The van der Waals surface area contributed by atoms with Crippen LogP contribution < -0.4 is 21.1 Å². The molecule has 0 spiro atoms. The van der Waals surface area contributed by atoms with Crippen LogP contribution in [0.3, 0.4) is 0 Å². The van der Waals surface area contributed by atoms with E-state index in [4.69, 9.17) is 0 Å². The van der Waals surface area contributed by atoms with E-state index in [0.717, 1.165) is 6.07 Å². The van der Waals surface area contributed by atoms with Crippen LogP contribution in [-0.2, 0) is 6.18 Å². The van der Waals surface area contributed by atoms with E-state index in [1.165, 1.54) is 0 Å². The number of amides is 1. The van der Waals surface area contributed by atoms with Crippen LogP contribution in [0.5, 0.6) is 0 Å².